The van der Waals surface area contributed by atoms with Crippen molar-refractivity contribution in [3.8, 4) is 5.75 Å². The van der Waals surface area contributed by atoms with E-state index >= 15 is 0 Å². The minimum absolute atomic E-state index is 0.0788. The Labute approximate surface area is 161 Å². The second kappa shape index (κ2) is 8.73. The van der Waals surface area contributed by atoms with Gasteiger partial charge >= 0.3 is 0 Å². The number of nitrogens with zero attached hydrogens (tertiary/aromatic N) is 2. The zero-order valence-corrected chi connectivity index (χ0v) is 15.8. The smallest absolute Gasteiger partial charge is 0.262 e. The van der Waals surface area contributed by atoms with Crippen molar-refractivity contribution < 1.29 is 9.90 Å². The van der Waals surface area contributed by atoms with Crippen molar-refractivity contribution in [3.05, 3.63) is 58.9 Å². The number of aromatic hydroxyl groups is 1. The number of hydrogen-bond acceptors (Lipinski definition) is 5. The number of para-hydroxylation sites is 1. The van der Waals surface area contributed by atoms with Crippen molar-refractivity contribution in [1.82, 2.24) is 9.55 Å². The van der Waals surface area contributed by atoms with Crippen molar-refractivity contribution >= 4 is 34.3 Å². The Bertz CT molecular complexity index is 1020. The molecule has 1 aromatic heterocycles. The van der Waals surface area contributed by atoms with E-state index in [2.05, 4.69) is 17.2 Å². The summed E-state index contributed by atoms with van der Waals surface area (Å²) < 4.78 is 1.65. The van der Waals surface area contributed by atoms with Gasteiger partial charge < -0.3 is 10.4 Å². The second-order valence-corrected chi connectivity index (χ2v) is 7.05. The van der Waals surface area contributed by atoms with E-state index in [0.717, 1.165) is 12.8 Å². The predicted molar refractivity (Wildman–Crippen MR) is 108 cm³/mol. The normalized spacial score (nSPS) is 10.9. The molecule has 140 valence electrons. The zero-order valence-electron chi connectivity index (χ0n) is 15.0. The number of anilines is 1. The number of rotatable bonds is 7. The number of unbranched alkanes of at least 4 members (excludes halogenated alkanes) is 1. The highest BCUT2D eigenvalue weighted by atomic mass is 32.2. The fourth-order valence-electron chi connectivity index (χ4n) is 2.68. The molecule has 0 aliphatic carbocycles. The van der Waals surface area contributed by atoms with Crippen LogP contribution in [0.2, 0.25) is 0 Å². The van der Waals surface area contributed by atoms with Crippen molar-refractivity contribution in [2.45, 2.75) is 31.5 Å². The first-order chi connectivity index (χ1) is 13.1. The first-order valence-electron chi connectivity index (χ1n) is 8.79. The standard InChI is InChI=1S/C20H21N3O3S/c1-2-3-11-23-19(26)16-9-4-5-10-17(16)22-20(23)27-13-18(25)21-14-7-6-8-15(24)12-14/h4-10,12,24H,2-3,11,13H2,1H3,(H,21,25). The number of thioether (sulfide) groups is 1. The number of aromatic nitrogens is 2. The molecule has 27 heavy (non-hydrogen) atoms. The third-order valence-corrected chi connectivity index (χ3v) is 5.00. The summed E-state index contributed by atoms with van der Waals surface area (Å²) in [5.41, 5.74) is 1.08. The van der Waals surface area contributed by atoms with E-state index in [1.807, 2.05) is 12.1 Å². The maximum atomic E-state index is 12.8. The monoisotopic (exact) mass is 383 g/mol. The molecular formula is C20H21N3O3S. The second-order valence-electron chi connectivity index (χ2n) is 6.11. The molecule has 0 saturated heterocycles. The Morgan fingerprint density at radius 3 is 2.81 bits per heavy atom. The van der Waals surface area contributed by atoms with E-state index in [-0.39, 0.29) is 23.0 Å². The van der Waals surface area contributed by atoms with Crippen LogP contribution in [0.25, 0.3) is 10.9 Å². The molecule has 0 saturated carbocycles. The van der Waals surface area contributed by atoms with Crippen LogP contribution in [0.5, 0.6) is 5.75 Å². The van der Waals surface area contributed by atoms with Crippen molar-refractivity contribution in [1.29, 1.82) is 0 Å². The van der Waals surface area contributed by atoms with E-state index in [1.165, 1.54) is 23.9 Å². The predicted octanol–water partition coefficient (Wildman–Crippen LogP) is 3.63. The molecule has 1 amide bonds. The van der Waals surface area contributed by atoms with Crippen LogP contribution < -0.4 is 10.9 Å². The molecule has 7 heteroatoms. The summed E-state index contributed by atoms with van der Waals surface area (Å²) in [4.78, 5) is 29.6. The van der Waals surface area contributed by atoms with E-state index < -0.39 is 0 Å². The van der Waals surface area contributed by atoms with Gasteiger partial charge in [0.1, 0.15) is 5.75 Å². The molecule has 2 N–H and O–H groups in total. The van der Waals surface area contributed by atoms with E-state index in [9.17, 15) is 14.7 Å². The highest BCUT2D eigenvalue weighted by Gasteiger charge is 2.13. The average Bonchev–Trinajstić information content (AvgIpc) is 2.66. The number of carbonyl (C=O) groups is 1. The number of benzene rings is 2. The Morgan fingerprint density at radius 1 is 1.22 bits per heavy atom. The number of nitrogens with one attached hydrogen (secondary N) is 1. The summed E-state index contributed by atoms with van der Waals surface area (Å²) in [6.45, 7) is 2.64. The Balaban J connectivity index is 1.80. The third-order valence-electron chi connectivity index (χ3n) is 4.02. The average molecular weight is 383 g/mol. The molecule has 0 fully saturated rings. The summed E-state index contributed by atoms with van der Waals surface area (Å²) >= 11 is 1.24. The summed E-state index contributed by atoms with van der Waals surface area (Å²) in [6.07, 6.45) is 1.82. The number of amides is 1. The van der Waals surface area contributed by atoms with E-state index in [4.69, 9.17) is 0 Å². The highest BCUT2D eigenvalue weighted by molar-refractivity contribution is 7.99. The SMILES string of the molecule is CCCCn1c(SCC(=O)Nc2cccc(O)c2)nc2ccccc2c1=O. The van der Waals surface area contributed by atoms with Crippen molar-refractivity contribution in [2.75, 3.05) is 11.1 Å². The molecule has 6 nitrogen and oxygen atoms in total. The maximum absolute atomic E-state index is 12.8. The molecule has 0 unspecified atom stereocenters. The third kappa shape index (κ3) is 4.68. The summed E-state index contributed by atoms with van der Waals surface area (Å²) in [5, 5.41) is 13.3. The van der Waals surface area contributed by atoms with Crippen LogP contribution in [0, 0.1) is 0 Å². The largest absolute Gasteiger partial charge is 0.508 e. The van der Waals surface area contributed by atoms with E-state index in [0.29, 0.717) is 28.3 Å². The van der Waals surface area contributed by atoms with Gasteiger partial charge in [-0.05, 0) is 30.7 Å². The van der Waals surface area contributed by atoms with Crippen molar-refractivity contribution in [2.24, 2.45) is 0 Å². The van der Waals surface area contributed by atoms with Gasteiger partial charge in [0.25, 0.3) is 5.56 Å². The lowest BCUT2D eigenvalue weighted by molar-refractivity contribution is -0.113. The molecule has 0 atom stereocenters. The van der Waals surface area contributed by atoms with Gasteiger partial charge in [-0.25, -0.2) is 4.98 Å². The van der Waals surface area contributed by atoms with Crippen LogP contribution in [0.3, 0.4) is 0 Å². The van der Waals surface area contributed by atoms with Crippen LogP contribution >= 0.6 is 11.8 Å². The zero-order chi connectivity index (χ0) is 19.2. The van der Waals surface area contributed by atoms with Gasteiger partial charge in [-0.3, -0.25) is 14.2 Å². The lowest BCUT2D eigenvalue weighted by Gasteiger charge is -2.12. The molecule has 3 rings (SSSR count). The van der Waals surface area contributed by atoms with Crippen LogP contribution in [0.15, 0.2) is 58.5 Å². The van der Waals surface area contributed by atoms with Crippen LogP contribution in [-0.2, 0) is 11.3 Å². The number of phenolic OH excluding ortho intramolecular Hbond substituents is 1. The van der Waals surface area contributed by atoms with E-state index in [1.54, 1.807) is 28.8 Å². The fourth-order valence-corrected chi connectivity index (χ4v) is 3.51. The number of carbonyl (C=O) groups excluding carboxylic acids is 1. The lowest BCUT2D eigenvalue weighted by atomic mass is 10.2. The number of phenols is 1. The summed E-state index contributed by atoms with van der Waals surface area (Å²) in [6, 6.07) is 13.6. The molecule has 2 aromatic carbocycles. The molecule has 3 aromatic rings. The van der Waals surface area contributed by atoms with Gasteiger partial charge in [-0.1, -0.05) is 43.3 Å². The summed E-state index contributed by atoms with van der Waals surface area (Å²) in [5.74, 6) is -0.0212. The van der Waals surface area contributed by atoms with Crippen LogP contribution in [0.4, 0.5) is 5.69 Å². The first-order valence-corrected chi connectivity index (χ1v) is 9.78. The van der Waals surface area contributed by atoms with Crippen molar-refractivity contribution in [3.63, 3.8) is 0 Å². The molecule has 1 heterocycles. The van der Waals surface area contributed by atoms with Gasteiger partial charge in [-0.15, -0.1) is 0 Å². The number of hydrogen-bond donors (Lipinski definition) is 2. The van der Waals surface area contributed by atoms with Gasteiger partial charge in [0.05, 0.1) is 16.7 Å². The molecule has 0 aliphatic rings. The molecular weight excluding hydrogens is 362 g/mol. The molecule has 0 spiro atoms. The molecule has 0 aliphatic heterocycles. The lowest BCUT2D eigenvalue weighted by Crippen LogP contribution is -2.24. The minimum Gasteiger partial charge on any atom is -0.508 e. The fraction of sp³-hybridized carbons (Fsp3) is 0.250. The first kappa shape index (κ1) is 19.0. The van der Waals surface area contributed by atoms with Gasteiger partial charge in [-0.2, -0.15) is 0 Å². The Hall–Kier alpha value is -2.80. The Kier molecular flexibility index (Phi) is 6.13. The number of fused-ring (bicyclic) bond motifs is 1. The van der Waals surface area contributed by atoms with Gasteiger partial charge in [0.2, 0.25) is 5.91 Å². The quantitative estimate of drug-likeness (QED) is 0.481. The van der Waals surface area contributed by atoms with Gasteiger partial charge in [0.15, 0.2) is 5.16 Å². The van der Waals surface area contributed by atoms with Gasteiger partial charge in [0, 0.05) is 18.3 Å². The topological polar surface area (TPSA) is 84.2 Å². The van der Waals surface area contributed by atoms with Crippen LogP contribution in [0.1, 0.15) is 19.8 Å². The highest BCUT2D eigenvalue weighted by Crippen LogP contribution is 2.20. The maximum Gasteiger partial charge on any atom is 0.262 e. The Morgan fingerprint density at radius 2 is 2.04 bits per heavy atom. The molecule has 0 radical (unpaired) electrons. The summed E-state index contributed by atoms with van der Waals surface area (Å²) in [7, 11) is 0. The molecule has 0 bridgehead atoms. The van der Waals surface area contributed by atoms with Crippen LogP contribution in [-0.4, -0.2) is 26.3 Å². The minimum atomic E-state index is -0.227.